The number of sulfone groups is 1. The van der Waals surface area contributed by atoms with Crippen LogP contribution in [0, 0.1) is 6.92 Å². The van der Waals surface area contributed by atoms with Gasteiger partial charge in [-0.3, -0.25) is 4.79 Å². The molecule has 5 heteroatoms. The van der Waals surface area contributed by atoms with E-state index in [4.69, 9.17) is 0 Å². The zero-order chi connectivity index (χ0) is 17.7. The summed E-state index contributed by atoms with van der Waals surface area (Å²) in [6.07, 6.45) is 2.84. The molecule has 0 spiro atoms. The topological polar surface area (TPSA) is 63.2 Å². The monoisotopic (exact) mass is 345 g/mol. The highest BCUT2D eigenvalue weighted by atomic mass is 32.2. The zero-order valence-corrected chi connectivity index (χ0v) is 15.1. The first kappa shape index (κ1) is 18.2. The van der Waals surface area contributed by atoms with E-state index in [9.17, 15) is 13.2 Å². The van der Waals surface area contributed by atoms with Crippen LogP contribution in [-0.4, -0.2) is 26.6 Å². The molecular formula is C19H23NO3S. The van der Waals surface area contributed by atoms with Crippen LogP contribution in [0.5, 0.6) is 0 Å². The summed E-state index contributed by atoms with van der Waals surface area (Å²) in [6, 6.07) is 14.7. The van der Waals surface area contributed by atoms with Crippen LogP contribution in [-0.2, 0) is 16.3 Å². The SMILES string of the molecule is Cc1ccc(S(C)(=O)=O)cc1C(=O)N[C@@H](C)CCc1ccccc1. The lowest BCUT2D eigenvalue weighted by atomic mass is 10.0. The molecule has 0 aliphatic carbocycles. The van der Waals surface area contributed by atoms with Crippen molar-refractivity contribution in [2.75, 3.05) is 6.26 Å². The van der Waals surface area contributed by atoms with Crippen LogP contribution in [0.15, 0.2) is 53.4 Å². The summed E-state index contributed by atoms with van der Waals surface area (Å²) in [4.78, 5) is 12.6. The number of amides is 1. The second kappa shape index (κ2) is 7.62. The highest BCUT2D eigenvalue weighted by Crippen LogP contribution is 2.16. The fourth-order valence-corrected chi connectivity index (χ4v) is 3.13. The molecule has 2 aromatic carbocycles. The molecule has 2 aromatic rings. The maximum Gasteiger partial charge on any atom is 0.251 e. The van der Waals surface area contributed by atoms with Crippen LogP contribution < -0.4 is 5.32 Å². The van der Waals surface area contributed by atoms with Gasteiger partial charge in [-0.2, -0.15) is 0 Å². The second-order valence-corrected chi connectivity index (χ2v) is 8.16. The van der Waals surface area contributed by atoms with Gasteiger partial charge in [-0.15, -0.1) is 0 Å². The Labute approximate surface area is 143 Å². The summed E-state index contributed by atoms with van der Waals surface area (Å²) in [5.41, 5.74) is 2.40. The molecule has 2 rings (SSSR count). The number of nitrogens with one attached hydrogen (secondary N) is 1. The number of aryl methyl sites for hydroxylation is 2. The summed E-state index contributed by atoms with van der Waals surface area (Å²) in [6.45, 7) is 3.76. The number of carbonyl (C=O) groups is 1. The molecule has 0 heterocycles. The number of benzene rings is 2. The van der Waals surface area contributed by atoms with E-state index < -0.39 is 9.84 Å². The van der Waals surface area contributed by atoms with Gasteiger partial charge in [0.15, 0.2) is 9.84 Å². The molecule has 0 fully saturated rings. The maximum atomic E-state index is 12.5. The van der Waals surface area contributed by atoms with Gasteiger partial charge in [0.1, 0.15) is 0 Å². The van der Waals surface area contributed by atoms with E-state index in [2.05, 4.69) is 17.4 Å². The molecule has 0 bridgehead atoms. The summed E-state index contributed by atoms with van der Waals surface area (Å²) in [5, 5.41) is 2.95. The van der Waals surface area contributed by atoms with Crippen molar-refractivity contribution in [2.24, 2.45) is 0 Å². The molecule has 0 aromatic heterocycles. The summed E-state index contributed by atoms with van der Waals surface area (Å²) in [5.74, 6) is -0.237. The van der Waals surface area contributed by atoms with E-state index in [0.717, 1.165) is 24.7 Å². The first-order chi connectivity index (χ1) is 11.3. The van der Waals surface area contributed by atoms with Crippen LogP contribution in [0.4, 0.5) is 0 Å². The number of hydrogen-bond donors (Lipinski definition) is 1. The Balaban J connectivity index is 2.04. The second-order valence-electron chi connectivity index (χ2n) is 6.15. The molecule has 0 aliphatic rings. The summed E-state index contributed by atoms with van der Waals surface area (Å²) >= 11 is 0. The van der Waals surface area contributed by atoms with E-state index in [-0.39, 0.29) is 16.8 Å². The quantitative estimate of drug-likeness (QED) is 0.875. The Hall–Kier alpha value is -2.14. The molecule has 0 aliphatic heterocycles. The molecule has 1 amide bonds. The third-order valence-electron chi connectivity index (χ3n) is 3.97. The smallest absolute Gasteiger partial charge is 0.251 e. The van der Waals surface area contributed by atoms with Gasteiger partial charge in [-0.1, -0.05) is 36.4 Å². The predicted octanol–water partition coefficient (Wildman–Crippen LogP) is 3.15. The normalized spacial score (nSPS) is 12.6. The maximum absolute atomic E-state index is 12.5. The van der Waals surface area contributed by atoms with Crippen molar-refractivity contribution >= 4 is 15.7 Å². The molecule has 128 valence electrons. The Morgan fingerprint density at radius 1 is 1.12 bits per heavy atom. The molecule has 4 nitrogen and oxygen atoms in total. The van der Waals surface area contributed by atoms with E-state index in [0.29, 0.717) is 5.56 Å². The molecule has 24 heavy (non-hydrogen) atoms. The van der Waals surface area contributed by atoms with Gasteiger partial charge in [0.05, 0.1) is 4.90 Å². The Morgan fingerprint density at radius 2 is 1.79 bits per heavy atom. The third kappa shape index (κ3) is 4.93. The van der Waals surface area contributed by atoms with Crippen molar-refractivity contribution in [3.05, 3.63) is 65.2 Å². The first-order valence-corrected chi connectivity index (χ1v) is 9.82. The van der Waals surface area contributed by atoms with Crippen molar-refractivity contribution < 1.29 is 13.2 Å². The summed E-state index contributed by atoms with van der Waals surface area (Å²) < 4.78 is 23.3. The van der Waals surface area contributed by atoms with Crippen molar-refractivity contribution in [1.29, 1.82) is 0 Å². The van der Waals surface area contributed by atoms with Crippen LogP contribution in [0.1, 0.15) is 34.8 Å². The lowest BCUT2D eigenvalue weighted by Gasteiger charge is -2.15. The molecule has 0 unspecified atom stereocenters. The number of hydrogen-bond acceptors (Lipinski definition) is 3. The van der Waals surface area contributed by atoms with E-state index in [1.807, 2.05) is 25.1 Å². The van der Waals surface area contributed by atoms with Crippen molar-refractivity contribution in [1.82, 2.24) is 5.32 Å². The first-order valence-electron chi connectivity index (χ1n) is 7.93. The van der Waals surface area contributed by atoms with Crippen LogP contribution in [0.2, 0.25) is 0 Å². The Kier molecular flexibility index (Phi) is 5.78. The fraction of sp³-hybridized carbons (Fsp3) is 0.316. The van der Waals surface area contributed by atoms with Gasteiger partial charge < -0.3 is 5.32 Å². The lowest BCUT2D eigenvalue weighted by Crippen LogP contribution is -2.33. The average Bonchev–Trinajstić information content (AvgIpc) is 2.53. The highest BCUT2D eigenvalue weighted by Gasteiger charge is 2.16. The van der Waals surface area contributed by atoms with Gasteiger partial charge in [0.25, 0.3) is 5.91 Å². The van der Waals surface area contributed by atoms with Gasteiger partial charge >= 0.3 is 0 Å². The number of rotatable bonds is 6. The van der Waals surface area contributed by atoms with E-state index in [1.54, 1.807) is 13.0 Å². The number of carbonyl (C=O) groups excluding carboxylic acids is 1. The van der Waals surface area contributed by atoms with Gasteiger partial charge in [0.2, 0.25) is 0 Å². The van der Waals surface area contributed by atoms with Crippen molar-refractivity contribution in [3.8, 4) is 0 Å². The van der Waals surface area contributed by atoms with Gasteiger partial charge in [-0.05, 0) is 49.9 Å². The van der Waals surface area contributed by atoms with Gasteiger partial charge in [-0.25, -0.2) is 8.42 Å². The fourth-order valence-electron chi connectivity index (χ4n) is 2.48. The average molecular weight is 345 g/mol. The van der Waals surface area contributed by atoms with E-state index >= 15 is 0 Å². The van der Waals surface area contributed by atoms with Crippen LogP contribution in [0.3, 0.4) is 0 Å². The molecule has 0 radical (unpaired) electrons. The lowest BCUT2D eigenvalue weighted by molar-refractivity contribution is 0.0937. The molecule has 1 atom stereocenters. The van der Waals surface area contributed by atoms with Crippen LogP contribution >= 0.6 is 0 Å². The highest BCUT2D eigenvalue weighted by molar-refractivity contribution is 7.90. The standard InChI is InChI=1S/C19H23NO3S/c1-14-9-12-17(24(3,22)23)13-18(14)19(21)20-15(2)10-11-16-7-5-4-6-8-16/h4-9,12-13,15H,10-11H2,1-3H3,(H,20,21)/t15-/m0/s1. The Morgan fingerprint density at radius 3 is 2.42 bits per heavy atom. The molecule has 1 N–H and O–H groups in total. The molecular weight excluding hydrogens is 322 g/mol. The minimum absolute atomic E-state index is 0.000930. The Bertz CT molecular complexity index is 814. The third-order valence-corrected chi connectivity index (χ3v) is 5.08. The predicted molar refractivity (Wildman–Crippen MR) is 96.0 cm³/mol. The summed E-state index contributed by atoms with van der Waals surface area (Å²) in [7, 11) is -3.33. The van der Waals surface area contributed by atoms with E-state index in [1.165, 1.54) is 17.7 Å². The largest absolute Gasteiger partial charge is 0.350 e. The minimum atomic E-state index is -3.33. The molecule has 0 saturated carbocycles. The van der Waals surface area contributed by atoms with Crippen LogP contribution in [0.25, 0.3) is 0 Å². The zero-order valence-electron chi connectivity index (χ0n) is 14.2. The van der Waals surface area contributed by atoms with Gasteiger partial charge in [0, 0.05) is 17.9 Å². The van der Waals surface area contributed by atoms with Crippen molar-refractivity contribution in [3.63, 3.8) is 0 Å². The minimum Gasteiger partial charge on any atom is -0.350 e. The van der Waals surface area contributed by atoms with Crippen molar-refractivity contribution in [2.45, 2.75) is 37.6 Å². The molecule has 0 saturated heterocycles.